The van der Waals surface area contributed by atoms with Gasteiger partial charge in [-0.3, -0.25) is 4.79 Å². The molecule has 0 saturated carbocycles. The highest BCUT2D eigenvalue weighted by molar-refractivity contribution is 7.21. The molecular formula is C21H19FN4OS. The predicted octanol–water partition coefficient (Wildman–Crippen LogP) is 4.76. The Morgan fingerprint density at radius 3 is 2.61 bits per heavy atom. The van der Waals surface area contributed by atoms with Crippen LogP contribution in [0.1, 0.15) is 33.8 Å². The fourth-order valence-corrected chi connectivity index (χ4v) is 4.47. The van der Waals surface area contributed by atoms with Crippen LogP contribution < -0.4 is 0 Å². The van der Waals surface area contributed by atoms with E-state index in [0.717, 1.165) is 16.0 Å². The van der Waals surface area contributed by atoms with Gasteiger partial charge in [-0.05, 0) is 49.2 Å². The molecule has 2 aromatic heterocycles. The molecule has 0 aliphatic carbocycles. The Bertz CT molecular complexity index is 1140. The second-order valence-corrected chi connectivity index (χ2v) is 7.74. The fraction of sp³-hybridized carbons (Fsp3) is 0.190. The van der Waals surface area contributed by atoms with Gasteiger partial charge in [-0.2, -0.15) is 5.10 Å². The average molecular weight is 394 g/mol. The summed E-state index contributed by atoms with van der Waals surface area (Å²) in [6.45, 7) is 3.78. The maximum absolute atomic E-state index is 14.2. The summed E-state index contributed by atoms with van der Waals surface area (Å²) in [7, 11) is 1.78. The highest BCUT2D eigenvalue weighted by Crippen LogP contribution is 2.34. The molecule has 5 nitrogen and oxygen atoms in total. The highest BCUT2D eigenvalue weighted by Gasteiger charge is 2.24. The van der Waals surface area contributed by atoms with E-state index in [9.17, 15) is 9.18 Å². The van der Waals surface area contributed by atoms with Crippen molar-refractivity contribution in [3.63, 3.8) is 0 Å². The van der Waals surface area contributed by atoms with Crippen LogP contribution in [0.15, 0.2) is 55.1 Å². The van der Waals surface area contributed by atoms with Gasteiger partial charge in [0.1, 0.15) is 18.5 Å². The molecule has 7 heteroatoms. The first-order valence-corrected chi connectivity index (χ1v) is 9.68. The van der Waals surface area contributed by atoms with Gasteiger partial charge in [0.15, 0.2) is 0 Å². The summed E-state index contributed by atoms with van der Waals surface area (Å²) < 4.78 is 16.6. The number of hydrogen-bond donors (Lipinski definition) is 0. The smallest absolute Gasteiger partial charge is 0.264 e. The van der Waals surface area contributed by atoms with Crippen LogP contribution in [0.2, 0.25) is 0 Å². The van der Waals surface area contributed by atoms with Crippen LogP contribution in [0, 0.1) is 12.7 Å². The second kappa shape index (κ2) is 7.16. The lowest BCUT2D eigenvalue weighted by Crippen LogP contribution is -2.29. The maximum atomic E-state index is 14.2. The lowest BCUT2D eigenvalue weighted by molar-refractivity contribution is 0.0747. The van der Waals surface area contributed by atoms with Crippen molar-refractivity contribution in [2.45, 2.75) is 19.9 Å². The molecule has 1 unspecified atom stereocenters. The molecule has 4 aromatic rings. The first kappa shape index (κ1) is 18.3. The Hall–Kier alpha value is -3.06. The van der Waals surface area contributed by atoms with E-state index in [2.05, 4.69) is 10.1 Å². The Morgan fingerprint density at radius 2 is 1.96 bits per heavy atom. The zero-order chi connectivity index (χ0) is 19.8. The van der Waals surface area contributed by atoms with E-state index in [1.165, 1.54) is 23.7 Å². The summed E-state index contributed by atoms with van der Waals surface area (Å²) in [6.07, 6.45) is 3.12. The summed E-state index contributed by atoms with van der Waals surface area (Å²) >= 11 is 1.34. The number of thiophene rings is 1. The quantitative estimate of drug-likeness (QED) is 0.501. The highest BCUT2D eigenvalue weighted by atomic mass is 32.1. The summed E-state index contributed by atoms with van der Waals surface area (Å²) in [6, 6.07) is 12.7. The molecule has 1 amide bonds. The SMILES string of the molecule is Cc1c(C(=O)N(C)C(C)c2ccc(-n3cncn3)cc2)sc2cccc(F)c12. The van der Waals surface area contributed by atoms with Crippen molar-refractivity contribution in [2.24, 2.45) is 0 Å². The number of carbonyl (C=O) groups is 1. The Labute approximate surface area is 166 Å². The van der Waals surface area contributed by atoms with Crippen molar-refractivity contribution >= 4 is 27.3 Å². The number of halogens is 1. The average Bonchev–Trinajstić information content (AvgIpc) is 3.35. The number of aromatic nitrogens is 3. The van der Waals surface area contributed by atoms with Gasteiger partial charge in [0.2, 0.25) is 0 Å². The van der Waals surface area contributed by atoms with Crippen molar-refractivity contribution in [1.82, 2.24) is 19.7 Å². The zero-order valence-electron chi connectivity index (χ0n) is 15.8. The lowest BCUT2D eigenvalue weighted by atomic mass is 10.1. The van der Waals surface area contributed by atoms with Gasteiger partial charge in [-0.15, -0.1) is 11.3 Å². The number of fused-ring (bicyclic) bond motifs is 1. The molecule has 0 bridgehead atoms. The van der Waals surface area contributed by atoms with E-state index in [-0.39, 0.29) is 17.8 Å². The second-order valence-electron chi connectivity index (χ2n) is 6.69. The molecule has 0 radical (unpaired) electrons. The summed E-state index contributed by atoms with van der Waals surface area (Å²) in [5.74, 6) is -0.393. The molecule has 0 spiro atoms. The first-order chi connectivity index (χ1) is 13.5. The molecular weight excluding hydrogens is 375 g/mol. The number of nitrogens with zero attached hydrogens (tertiary/aromatic N) is 4. The van der Waals surface area contributed by atoms with E-state index in [4.69, 9.17) is 0 Å². The van der Waals surface area contributed by atoms with E-state index < -0.39 is 0 Å². The molecule has 0 aliphatic rings. The van der Waals surface area contributed by atoms with Crippen LogP contribution in [0.3, 0.4) is 0 Å². The Morgan fingerprint density at radius 1 is 1.21 bits per heavy atom. The van der Waals surface area contributed by atoms with Crippen molar-refractivity contribution < 1.29 is 9.18 Å². The molecule has 0 aliphatic heterocycles. The van der Waals surface area contributed by atoms with Gasteiger partial charge in [0.05, 0.1) is 16.6 Å². The van der Waals surface area contributed by atoms with Gasteiger partial charge in [0, 0.05) is 17.1 Å². The molecule has 142 valence electrons. The van der Waals surface area contributed by atoms with Gasteiger partial charge >= 0.3 is 0 Å². The number of amides is 1. The first-order valence-electron chi connectivity index (χ1n) is 8.87. The monoisotopic (exact) mass is 394 g/mol. The summed E-state index contributed by atoms with van der Waals surface area (Å²) in [4.78, 5) is 19.3. The lowest BCUT2D eigenvalue weighted by Gasteiger charge is -2.25. The molecule has 2 aromatic carbocycles. The summed E-state index contributed by atoms with van der Waals surface area (Å²) in [5.41, 5.74) is 2.60. The van der Waals surface area contributed by atoms with Crippen molar-refractivity contribution in [1.29, 1.82) is 0 Å². The van der Waals surface area contributed by atoms with Crippen molar-refractivity contribution in [3.8, 4) is 5.69 Å². The van der Waals surface area contributed by atoms with Crippen LogP contribution in [-0.4, -0.2) is 32.6 Å². The van der Waals surface area contributed by atoms with Crippen LogP contribution >= 0.6 is 11.3 Å². The van der Waals surface area contributed by atoms with Crippen molar-refractivity contribution in [2.75, 3.05) is 7.05 Å². The number of hydrogen-bond acceptors (Lipinski definition) is 4. The van der Waals surface area contributed by atoms with Crippen LogP contribution in [0.4, 0.5) is 4.39 Å². The number of carbonyl (C=O) groups excluding carboxylic acids is 1. The zero-order valence-corrected chi connectivity index (χ0v) is 16.6. The minimum absolute atomic E-state index is 0.106. The normalized spacial score (nSPS) is 12.3. The largest absolute Gasteiger partial charge is 0.334 e. The molecule has 0 fully saturated rings. The van der Waals surface area contributed by atoms with E-state index in [0.29, 0.717) is 15.8 Å². The fourth-order valence-electron chi connectivity index (χ4n) is 3.26. The maximum Gasteiger partial charge on any atom is 0.264 e. The third-order valence-corrected chi connectivity index (χ3v) is 6.30. The van der Waals surface area contributed by atoms with Gasteiger partial charge in [0.25, 0.3) is 5.91 Å². The molecule has 1 atom stereocenters. The van der Waals surface area contributed by atoms with Crippen molar-refractivity contribution in [3.05, 3.63) is 76.9 Å². The minimum Gasteiger partial charge on any atom is -0.334 e. The topological polar surface area (TPSA) is 51.0 Å². The molecule has 0 saturated heterocycles. The minimum atomic E-state index is -0.287. The van der Waals surface area contributed by atoms with E-state index >= 15 is 0 Å². The molecule has 28 heavy (non-hydrogen) atoms. The Kier molecular flexibility index (Phi) is 4.68. The van der Waals surface area contributed by atoms with E-state index in [1.54, 1.807) is 35.9 Å². The van der Waals surface area contributed by atoms with Crippen LogP contribution in [0.25, 0.3) is 15.8 Å². The molecule has 0 N–H and O–H groups in total. The van der Waals surface area contributed by atoms with E-state index in [1.807, 2.05) is 37.3 Å². The number of aryl methyl sites for hydroxylation is 1. The molecule has 2 heterocycles. The van der Waals surface area contributed by atoms with Gasteiger partial charge in [-0.1, -0.05) is 18.2 Å². The summed E-state index contributed by atoms with van der Waals surface area (Å²) in [5, 5.41) is 4.65. The predicted molar refractivity (Wildman–Crippen MR) is 108 cm³/mol. The third-order valence-electron chi connectivity index (χ3n) is 5.06. The van der Waals surface area contributed by atoms with Crippen LogP contribution in [0.5, 0.6) is 0 Å². The van der Waals surface area contributed by atoms with Gasteiger partial charge in [-0.25, -0.2) is 14.1 Å². The molecule has 4 rings (SSSR count). The number of benzene rings is 2. The van der Waals surface area contributed by atoms with Crippen LogP contribution in [-0.2, 0) is 0 Å². The number of rotatable bonds is 4. The Balaban J connectivity index is 1.60. The standard InChI is InChI=1S/C21H19FN4OS/c1-13-19-17(22)5-4-6-18(19)28-20(13)21(27)25(3)14(2)15-7-9-16(10-8-15)26-12-23-11-24-26/h4-12,14H,1-3H3. The third kappa shape index (κ3) is 3.07. The van der Waals surface area contributed by atoms with Gasteiger partial charge < -0.3 is 4.90 Å².